The fourth-order valence-corrected chi connectivity index (χ4v) is 2.84. The number of anilines is 2. The van der Waals surface area contributed by atoms with Crippen molar-refractivity contribution in [2.24, 2.45) is 0 Å². The van der Waals surface area contributed by atoms with Crippen LogP contribution in [0, 0.1) is 13.8 Å². The third-order valence-electron chi connectivity index (χ3n) is 4.31. The van der Waals surface area contributed by atoms with Gasteiger partial charge in [-0.2, -0.15) is 0 Å². The number of hydrogen-bond acceptors (Lipinski definition) is 3. The molecule has 3 nitrogen and oxygen atoms in total. The van der Waals surface area contributed by atoms with Gasteiger partial charge in [0.25, 0.3) is 0 Å². The zero-order valence-electron chi connectivity index (χ0n) is 14.3. The maximum Gasteiger partial charge on any atom is 0.162 e. The van der Waals surface area contributed by atoms with E-state index in [0.717, 1.165) is 33.8 Å². The standard InChI is InChI=1S/C22H19N3/c1-15-11-13-17(14-12-15)21-24-20-10-6-4-8-18(20)22(25-21)23-19-9-5-3-7-16(19)2/h3-14H,1-2H3,(H,23,24,25). The summed E-state index contributed by atoms with van der Waals surface area (Å²) < 4.78 is 0. The maximum absolute atomic E-state index is 4.81. The Bertz CT molecular complexity index is 1040. The summed E-state index contributed by atoms with van der Waals surface area (Å²) in [6, 6.07) is 24.6. The number of rotatable bonds is 3. The molecule has 0 aliphatic heterocycles. The summed E-state index contributed by atoms with van der Waals surface area (Å²) in [5.41, 5.74) is 5.42. The molecule has 0 spiro atoms. The quantitative estimate of drug-likeness (QED) is 0.528. The van der Waals surface area contributed by atoms with Crippen LogP contribution >= 0.6 is 0 Å². The predicted octanol–water partition coefficient (Wildman–Crippen LogP) is 5.66. The van der Waals surface area contributed by atoms with Crippen LogP contribution in [-0.2, 0) is 0 Å². The van der Waals surface area contributed by atoms with Crippen LogP contribution in [-0.4, -0.2) is 9.97 Å². The monoisotopic (exact) mass is 325 g/mol. The molecule has 0 radical (unpaired) electrons. The van der Waals surface area contributed by atoms with Crippen molar-refractivity contribution in [3.63, 3.8) is 0 Å². The van der Waals surface area contributed by atoms with Gasteiger partial charge < -0.3 is 5.32 Å². The lowest BCUT2D eigenvalue weighted by Gasteiger charge is -2.12. The van der Waals surface area contributed by atoms with Crippen molar-refractivity contribution in [2.45, 2.75) is 13.8 Å². The summed E-state index contributed by atoms with van der Waals surface area (Å²) in [5, 5.41) is 4.50. The average molecular weight is 325 g/mol. The van der Waals surface area contributed by atoms with E-state index in [1.54, 1.807) is 0 Å². The number of hydrogen-bond donors (Lipinski definition) is 1. The lowest BCUT2D eigenvalue weighted by molar-refractivity contribution is 1.22. The van der Waals surface area contributed by atoms with Crippen LogP contribution in [0.1, 0.15) is 11.1 Å². The molecule has 0 atom stereocenters. The van der Waals surface area contributed by atoms with E-state index in [2.05, 4.69) is 61.6 Å². The molecule has 3 heteroatoms. The Morgan fingerprint density at radius 2 is 1.44 bits per heavy atom. The normalized spacial score (nSPS) is 10.8. The highest BCUT2D eigenvalue weighted by Gasteiger charge is 2.10. The Morgan fingerprint density at radius 3 is 2.24 bits per heavy atom. The van der Waals surface area contributed by atoms with Crippen LogP contribution in [0.15, 0.2) is 72.8 Å². The molecule has 4 aromatic rings. The van der Waals surface area contributed by atoms with Crippen LogP contribution in [0.25, 0.3) is 22.3 Å². The first-order chi connectivity index (χ1) is 12.2. The van der Waals surface area contributed by atoms with Gasteiger partial charge in [0.15, 0.2) is 5.82 Å². The van der Waals surface area contributed by atoms with E-state index >= 15 is 0 Å². The van der Waals surface area contributed by atoms with E-state index in [-0.39, 0.29) is 0 Å². The van der Waals surface area contributed by atoms with Gasteiger partial charge in [-0.25, -0.2) is 9.97 Å². The first kappa shape index (κ1) is 15.3. The van der Waals surface area contributed by atoms with Crippen molar-refractivity contribution in [3.05, 3.63) is 83.9 Å². The lowest BCUT2D eigenvalue weighted by Crippen LogP contribution is -2.00. The number of aryl methyl sites for hydroxylation is 2. The molecule has 0 saturated carbocycles. The van der Waals surface area contributed by atoms with Gasteiger partial charge in [0.1, 0.15) is 5.82 Å². The third-order valence-corrected chi connectivity index (χ3v) is 4.31. The van der Waals surface area contributed by atoms with Crippen molar-refractivity contribution in [1.82, 2.24) is 9.97 Å². The molecule has 0 bridgehead atoms. The number of fused-ring (bicyclic) bond motifs is 1. The SMILES string of the molecule is Cc1ccc(-c2nc(Nc3ccccc3C)c3ccccc3n2)cc1. The minimum atomic E-state index is 0.731. The van der Waals surface area contributed by atoms with Crippen molar-refractivity contribution in [3.8, 4) is 11.4 Å². The molecule has 4 rings (SSSR count). The lowest BCUT2D eigenvalue weighted by atomic mass is 10.1. The van der Waals surface area contributed by atoms with Gasteiger partial charge in [0, 0.05) is 16.6 Å². The number of aromatic nitrogens is 2. The molecule has 1 N–H and O–H groups in total. The van der Waals surface area contributed by atoms with Gasteiger partial charge in [-0.15, -0.1) is 0 Å². The highest BCUT2D eigenvalue weighted by molar-refractivity contribution is 5.92. The topological polar surface area (TPSA) is 37.8 Å². The number of nitrogens with one attached hydrogen (secondary N) is 1. The minimum Gasteiger partial charge on any atom is -0.339 e. The van der Waals surface area contributed by atoms with Crippen molar-refractivity contribution < 1.29 is 0 Å². The van der Waals surface area contributed by atoms with E-state index in [1.165, 1.54) is 11.1 Å². The van der Waals surface area contributed by atoms with Gasteiger partial charge in [0.05, 0.1) is 5.52 Å². The molecule has 0 aliphatic carbocycles. The molecule has 0 unspecified atom stereocenters. The number of nitrogens with zero attached hydrogens (tertiary/aromatic N) is 2. The molecule has 1 heterocycles. The van der Waals surface area contributed by atoms with E-state index in [0.29, 0.717) is 0 Å². The Kier molecular flexibility index (Phi) is 3.90. The summed E-state index contributed by atoms with van der Waals surface area (Å²) >= 11 is 0. The average Bonchev–Trinajstić information content (AvgIpc) is 2.64. The Morgan fingerprint density at radius 1 is 0.720 bits per heavy atom. The zero-order valence-corrected chi connectivity index (χ0v) is 14.3. The molecule has 3 aromatic carbocycles. The fourth-order valence-electron chi connectivity index (χ4n) is 2.84. The number of benzene rings is 3. The summed E-state index contributed by atoms with van der Waals surface area (Å²) in [4.78, 5) is 9.56. The molecule has 1 aromatic heterocycles. The Hall–Kier alpha value is -3.20. The molecular weight excluding hydrogens is 306 g/mol. The first-order valence-electron chi connectivity index (χ1n) is 8.37. The van der Waals surface area contributed by atoms with Crippen LogP contribution < -0.4 is 5.32 Å². The minimum absolute atomic E-state index is 0.731. The van der Waals surface area contributed by atoms with E-state index in [4.69, 9.17) is 9.97 Å². The summed E-state index contributed by atoms with van der Waals surface area (Å²) in [6.45, 7) is 4.17. The first-order valence-corrected chi connectivity index (χ1v) is 8.37. The van der Waals surface area contributed by atoms with Crippen LogP contribution in [0.3, 0.4) is 0 Å². The van der Waals surface area contributed by atoms with Crippen LogP contribution in [0.4, 0.5) is 11.5 Å². The Balaban J connectivity index is 1.87. The van der Waals surface area contributed by atoms with E-state index < -0.39 is 0 Å². The van der Waals surface area contributed by atoms with Crippen molar-refractivity contribution in [2.75, 3.05) is 5.32 Å². The molecule has 25 heavy (non-hydrogen) atoms. The number of para-hydroxylation sites is 2. The third kappa shape index (κ3) is 3.09. The Labute approximate surface area is 147 Å². The highest BCUT2D eigenvalue weighted by atomic mass is 15.0. The van der Waals surface area contributed by atoms with Crippen LogP contribution in [0.2, 0.25) is 0 Å². The molecule has 122 valence electrons. The van der Waals surface area contributed by atoms with Gasteiger partial charge in [-0.1, -0.05) is 60.2 Å². The van der Waals surface area contributed by atoms with Gasteiger partial charge in [0.2, 0.25) is 0 Å². The molecule has 0 aliphatic rings. The summed E-state index contributed by atoms with van der Waals surface area (Å²) in [6.07, 6.45) is 0. The second kappa shape index (κ2) is 6.36. The summed E-state index contributed by atoms with van der Waals surface area (Å²) in [7, 11) is 0. The van der Waals surface area contributed by atoms with Gasteiger partial charge in [-0.3, -0.25) is 0 Å². The van der Waals surface area contributed by atoms with Gasteiger partial charge >= 0.3 is 0 Å². The zero-order chi connectivity index (χ0) is 17.2. The van der Waals surface area contributed by atoms with Crippen molar-refractivity contribution in [1.29, 1.82) is 0 Å². The molecule has 0 fully saturated rings. The van der Waals surface area contributed by atoms with Crippen molar-refractivity contribution >= 4 is 22.4 Å². The second-order valence-electron chi connectivity index (χ2n) is 6.22. The van der Waals surface area contributed by atoms with Crippen LogP contribution in [0.5, 0.6) is 0 Å². The largest absolute Gasteiger partial charge is 0.339 e. The van der Waals surface area contributed by atoms with E-state index in [9.17, 15) is 0 Å². The highest BCUT2D eigenvalue weighted by Crippen LogP contribution is 2.28. The summed E-state index contributed by atoms with van der Waals surface area (Å²) in [5.74, 6) is 1.56. The molecule has 0 saturated heterocycles. The smallest absolute Gasteiger partial charge is 0.162 e. The second-order valence-corrected chi connectivity index (χ2v) is 6.22. The maximum atomic E-state index is 4.81. The molecule has 0 amide bonds. The fraction of sp³-hybridized carbons (Fsp3) is 0.0909. The van der Waals surface area contributed by atoms with E-state index in [1.807, 2.05) is 30.3 Å². The van der Waals surface area contributed by atoms with Gasteiger partial charge in [-0.05, 0) is 37.6 Å². The molecular formula is C22H19N3. The predicted molar refractivity (Wildman–Crippen MR) is 104 cm³/mol.